The maximum Gasteiger partial charge on any atom is 0.240 e. The van der Waals surface area contributed by atoms with Crippen molar-refractivity contribution in [2.45, 2.75) is 18.2 Å². The third-order valence-electron chi connectivity index (χ3n) is 2.11. The highest BCUT2D eigenvalue weighted by Gasteiger charge is 2.13. The van der Waals surface area contributed by atoms with E-state index in [1.807, 2.05) is 6.92 Å². The maximum atomic E-state index is 11.8. The molecular formula is C10H15BrN2O2S. The van der Waals surface area contributed by atoms with Gasteiger partial charge in [0.2, 0.25) is 10.0 Å². The first-order chi connectivity index (χ1) is 7.47. The Hall–Kier alpha value is -0.430. The molecular weight excluding hydrogens is 292 g/mol. The lowest BCUT2D eigenvalue weighted by Crippen LogP contribution is -2.26. The molecule has 1 aromatic carbocycles. The van der Waals surface area contributed by atoms with E-state index in [-0.39, 0.29) is 4.90 Å². The Labute approximate surface area is 104 Å². The van der Waals surface area contributed by atoms with Gasteiger partial charge in [-0.2, -0.15) is 0 Å². The fraction of sp³-hybridized carbons (Fsp3) is 0.400. The number of rotatable bonds is 5. The normalized spacial score (nSPS) is 11.7. The zero-order chi connectivity index (χ0) is 12.2. The first-order valence-electron chi connectivity index (χ1n) is 4.93. The van der Waals surface area contributed by atoms with E-state index in [0.717, 1.165) is 10.0 Å². The van der Waals surface area contributed by atoms with E-state index in [1.54, 1.807) is 18.2 Å². The van der Waals surface area contributed by atoms with Crippen molar-refractivity contribution in [1.82, 2.24) is 4.72 Å². The fourth-order valence-electron chi connectivity index (χ4n) is 1.18. The molecule has 1 aromatic rings. The van der Waals surface area contributed by atoms with Gasteiger partial charge in [0.25, 0.3) is 0 Å². The minimum Gasteiger partial charge on any atom is -0.330 e. The van der Waals surface area contributed by atoms with E-state index >= 15 is 0 Å². The fourth-order valence-corrected chi connectivity index (χ4v) is 2.58. The number of hydrogen-bond donors (Lipinski definition) is 2. The van der Waals surface area contributed by atoms with Gasteiger partial charge in [0.1, 0.15) is 0 Å². The number of sulfonamides is 1. The van der Waals surface area contributed by atoms with Gasteiger partial charge in [-0.3, -0.25) is 0 Å². The number of nitrogens with one attached hydrogen (secondary N) is 1. The Morgan fingerprint density at radius 2 is 2.12 bits per heavy atom. The average molecular weight is 307 g/mol. The topological polar surface area (TPSA) is 72.2 Å². The average Bonchev–Trinajstić information content (AvgIpc) is 2.22. The molecule has 0 radical (unpaired) electrons. The standard InChI is InChI=1S/C10H15BrN2O2S/c1-8-7-9(3-4-10(8)11)16(14,15)13-6-2-5-12/h3-4,7,13H,2,5-6,12H2,1H3. The third kappa shape index (κ3) is 3.55. The molecule has 90 valence electrons. The van der Waals surface area contributed by atoms with Crippen LogP contribution in [0, 0.1) is 6.92 Å². The third-order valence-corrected chi connectivity index (χ3v) is 4.46. The molecule has 0 amide bonds. The van der Waals surface area contributed by atoms with Gasteiger partial charge in [0.05, 0.1) is 4.90 Å². The lowest BCUT2D eigenvalue weighted by Gasteiger charge is -2.07. The van der Waals surface area contributed by atoms with Crippen molar-refractivity contribution >= 4 is 26.0 Å². The van der Waals surface area contributed by atoms with Crippen molar-refractivity contribution in [3.8, 4) is 0 Å². The van der Waals surface area contributed by atoms with Crippen LogP contribution in [-0.4, -0.2) is 21.5 Å². The quantitative estimate of drug-likeness (QED) is 0.807. The summed E-state index contributed by atoms with van der Waals surface area (Å²) in [6.07, 6.45) is 0.634. The van der Waals surface area contributed by atoms with E-state index < -0.39 is 10.0 Å². The molecule has 0 atom stereocenters. The first-order valence-corrected chi connectivity index (χ1v) is 7.21. The predicted octanol–water partition coefficient (Wildman–Crippen LogP) is 1.38. The monoisotopic (exact) mass is 306 g/mol. The number of halogens is 1. The number of hydrogen-bond acceptors (Lipinski definition) is 3. The molecule has 0 spiro atoms. The summed E-state index contributed by atoms with van der Waals surface area (Å²) in [5.74, 6) is 0. The molecule has 0 aliphatic heterocycles. The molecule has 1 rings (SSSR count). The Balaban J connectivity index is 2.86. The van der Waals surface area contributed by atoms with E-state index in [2.05, 4.69) is 20.7 Å². The van der Waals surface area contributed by atoms with Crippen LogP contribution < -0.4 is 10.5 Å². The first kappa shape index (κ1) is 13.6. The van der Waals surface area contributed by atoms with Crippen molar-refractivity contribution in [2.24, 2.45) is 5.73 Å². The minimum absolute atomic E-state index is 0.283. The van der Waals surface area contributed by atoms with E-state index in [0.29, 0.717) is 19.5 Å². The van der Waals surface area contributed by atoms with Crippen LogP contribution in [0.1, 0.15) is 12.0 Å². The van der Waals surface area contributed by atoms with Gasteiger partial charge in [0, 0.05) is 11.0 Å². The van der Waals surface area contributed by atoms with Crippen molar-refractivity contribution in [3.63, 3.8) is 0 Å². The van der Waals surface area contributed by atoms with Crippen molar-refractivity contribution in [3.05, 3.63) is 28.2 Å². The van der Waals surface area contributed by atoms with Crippen LogP contribution in [0.15, 0.2) is 27.6 Å². The zero-order valence-electron chi connectivity index (χ0n) is 9.03. The van der Waals surface area contributed by atoms with Crippen molar-refractivity contribution in [2.75, 3.05) is 13.1 Å². The minimum atomic E-state index is -3.40. The largest absolute Gasteiger partial charge is 0.330 e. The molecule has 4 nitrogen and oxygen atoms in total. The van der Waals surface area contributed by atoms with Gasteiger partial charge in [-0.15, -0.1) is 0 Å². The second-order valence-electron chi connectivity index (χ2n) is 3.45. The van der Waals surface area contributed by atoms with E-state index in [1.165, 1.54) is 0 Å². The van der Waals surface area contributed by atoms with Crippen LogP contribution in [0.5, 0.6) is 0 Å². The van der Waals surface area contributed by atoms with E-state index in [9.17, 15) is 8.42 Å². The summed E-state index contributed by atoms with van der Waals surface area (Å²) in [5.41, 5.74) is 6.19. The van der Waals surface area contributed by atoms with Crippen LogP contribution in [-0.2, 0) is 10.0 Å². The molecule has 0 unspecified atom stereocenters. The van der Waals surface area contributed by atoms with Gasteiger partial charge in [0.15, 0.2) is 0 Å². The van der Waals surface area contributed by atoms with Crippen LogP contribution >= 0.6 is 15.9 Å². The van der Waals surface area contributed by atoms with Crippen LogP contribution in [0.4, 0.5) is 0 Å². The summed E-state index contributed by atoms with van der Waals surface area (Å²) in [6.45, 7) is 2.69. The number of nitrogens with two attached hydrogens (primary N) is 1. The number of benzene rings is 1. The van der Waals surface area contributed by atoms with Gasteiger partial charge in [-0.05, 0) is 43.7 Å². The van der Waals surface area contributed by atoms with Gasteiger partial charge in [-0.25, -0.2) is 13.1 Å². The molecule has 0 saturated heterocycles. The Bertz CT molecular complexity index is 460. The second kappa shape index (κ2) is 5.77. The summed E-state index contributed by atoms with van der Waals surface area (Å²) < 4.78 is 27.0. The molecule has 0 aliphatic carbocycles. The Morgan fingerprint density at radius 1 is 1.44 bits per heavy atom. The summed E-state index contributed by atoms with van der Waals surface area (Å²) in [6, 6.07) is 4.93. The molecule has 3 N–H and O–H groups in total. The maximum absolute atomic E-state index is 11.8. The summed E-state index contributed by atoms with van der Waals surface area (Å²) in [4.78, 5) is 0.283. The molecule has 6 heteroatoms. The molecule has 0 heterocycles. The molecule has 0 saturated carbocycles. The lowest BCUT2D eigenvalue weighted by molar-refractivity contribution is 0.579. The summed E-state index contributed by atoms with van der Waals surface area (Å²) >= 11 is 3.33. The Morgan fingerprint density at radius 3 is 2.69 bits per heavy atom. The van der Waals surface area contributed by atoms with Crippen molar-refractivity contribution in [1.29, 1.82) is 0 Å². The lowest BCUT2D eigenvalue weighted by atomic mass is 10.2. The van der Waals surface area contributed by atoms with Crippen LogP contribution in [0.25, 0.3) is 0 Å². The molecule has 0 bridgehead atoms. The highest BCUT2D eigenvalue weighted by molar-refractivity contribution is 9.10. The molecule has 0 fully saturated rings. The van der Waals surface area contributed by atoms with Gasteiger partial charge in [-0.1, -0.05) is 15.9 Å². The van der Waals surface area contributed by atoms with Gasteiger partial charge >= 0.3 is 0 Å². The predicted molar refractivity (Wildman–Crippen MR) is 67.7 cm³/mol. The summed E-state index contributed by atoms with van der Waals surface area (Å²) in [7, 11) is -3.40. The molecule has 16 heavy (non-hydrogen) atoms. The van der Waals surface area contributed by atoms with Crippen LogP contribution in [0.3, 0.4) is 0 Å². The van der Waals surface area contributed by atoms with Crippen molar-refractivity contribution < 1.29 is 8.42 Å². The number of aryl methyl sites for hydroxylation is 1. The smallest absolute Gasteiger partial charge is 0.240 e. The summed E-state index contributed by atoms with van der Waals surface area (Å²) in [5, 5.41) is 0. The SMILES string of the molecule is Cc1cc(S(=O)(=O)NCCCN)ccc1Br. The van der Waals surface area contributed by atoms with Gasteiger partial charge < -0.3 is 5.73 Å². The zero-order valence-corrected chi connectivity index (χ0v) is 11.4. The molecule has 0 aromatic heterocycles. The second-order valence-corrected chi connectivity index (χ2v) is 6.07. The van der Waals surface area contributed by atoms with E-state index in [4.69, 9.17) is 5.73 Å². The highest BCUT2D eigenvalue weighted by Crippen LogP contribution is 2.19. The highest BCUT2D eigenvalue weighted by atomic mass is 79.9. The Kier molecular flexibility index (Phi) is 4.91. The van der Waals surface area contributed by atoms with Crippen LogP contribution in [0.2, 0.25) is 0 Å². The molecule has 0 aliphatic rings.